The SMILES string of the molecule is Cc1ccc(C)c(C(C)(N)Cc2ccccc2)c1. The van der Waals surface area contributed by atoms with Crippen LogP contribution in [0.2, 0.25) is 0 Å². The van der Waals surface area contributed by atoms with Gasteiger partial charge >= 0.3 is 0 Å². The lowest BCUT2D eigenvalue weighted by atomic mass is 9.83. The molecular weight excluding hydrogens is 218 g/mol. The summed E-state index contributed by atoms with van der Waals surface area (Å²) in [5.74, 6) is 0. The van der Waals surface area contributed by atoms with Crippen molar-refractivity contribution in [3.8, 4) is 0 Å². The standard InChI is InChI=1S/C17H21N/c1-13-9-10-14(2)16(11-13)17(3,18)12-15-7-5-4-6-8-15/h4-11H,12,18H2,1-3H3. The number of hydrogen-bond donors (Lipinski definition) is 1. The molecular formula is C17H21N. The van der Waals surface area contributed by atoms with Crippen molar-refractivity contribution in [3.63, 3.8) is 0 Å². The Morgan fingerprint density at radius 3 is 2.33 bits per heavy atom. The molecule has 1 nitrogen and oxygen atoms in total. The van der Waals surface area contributed by atoms with Gasteiger partial charge in [0.15, 0.2) is 0 Å². The molecule has 2 N–H and O–H groups in total. The van der Waals surface area contributed by atoms with Crippen LogP contribution in [0.3, 0.4) is 0 Å². The summed E-state index contributed by atoms with van der Waals surface area (Å²) in [6, 6.07) is 16.9. The van der Waals surface area contributed by atoms with E-state index in [9.17, 15) is 0 Å². The normalized spacial score (nSPS) is 14.2. The second-order valence-corrected chi connectivity index (χ2v) is 5.40. The fourth-order valence-corrected chi connectivity index (χ4v) is 2.47. The molecule has 0 spiro atoms. The molecule has 0 aliphatic rings. The van der Waals surface area contributed by atoms with E-state index >= 15 is 0 Å². The predicted molar refractivity (Wildman–Crippen MR) is 77.6 cm³/mol. The molecule has 0 bridgehead atoms. The van der Waals surface area contributed by atoms with Crippen molar-refractivity contribution < 1.29 is 0 Å². The summed E-state index contributed by atoms with van der Waals surface area (Å²) in [6.07, 6.45) is 0.859. The van der Waals surface area contributed by atoms with Gasteiger partial charge in [-0.1, -0.05) is 54.1 Å². The summed E-state index contributed by atoms with van der Waals surface area (Å²) < 4.78 is 0. The molecule has 0 saturated carbocycles. The lowest BCUT2D eigenvalue weighted by Gasteiger charge is -2.27. The molecule has 2 aromatic rings. The molecule has 18 heavy (non-hydrogen) atoms. The molecule has 0 aliphatic heterocycles. The van der Waals surface area contributed by atoms with Crippen molar-refractivity contribution in [1.82, 2.24) is 0 Å². The van der Waals surface area contributed by atoms with Crippen LogP contribution in [0.4, 0.5) is 0 Å². The van der Waals surface area contributed by atoms with Crippen molar-refractivity contribution in [3.05, 3.63) is 70.8 Å². The van der Waals surface area contributed by atoms with Crippen LogP contribution < -0.4 is 5.73 Å². The molecule has 0 radical (unpaired) electrons. The molecule has 2 aromatic carbocycles. The van der Waals surface area contributed by atoms with E-state index in [0.29, 0.717) is 0 Å². The summed E-state index contributed by atoms with van der Waals surface area (Å²) in [5.41, 5.74) is 11.3. The maximum atomic E-state index is 6.54. The van der Waals surface area contributed by atoms with Crippen LogP contribution in [0.25, 0.3) is 0 Å². The van der Waals surface area contributed by atoms with E-state index in [4.69, 9.17) is 5.73 Å². The van der Waals surface area contributed by atoms with Crippen molar-refractivity contribution in [2.45, 2.75) is 32.7 Å². The van der Waals surface area contributed by atoms with Crippen molar-refractivity contribution >= 4 is 0 Å². The maximum Gasteiger partial charge on any atom is 0.0424 e. The highest BCUT2D eigenvalue weighted by atomic mass is 14.7. The smallest absolute Gasteiger partial charge is 0.0424 e. The molecule has 0 saturated heterocycles. The number of rotatable bonds is 3. The zero-order valence-corrected chi connectivity index (χ0v) is 11.4. The van der Waals surface area contributed by atoms with Crippen LogP contribution in [0, 0.1) is 13.8 Å². The first-order chi connectivity index (χ1) is 8.49. The highest BCUT2D eigenvalue weighted by Crippen LogP contribution is 2.26. The van der Waals surface area contributed by atoms with E-state index in [2.05, 4.69) is 63.2 Å². The molecule has 2 rings (SSSR count). The Morgan fingerprint density at radius 1 is 1.00 bits per heavy atom. The second-order valence-electron chi connectivity index (χ2n) is 5.40. The van der Waals surface area contributed by atoms with Crippen molar-refractivity contribution in [2.24, 2.45) is 5.73 Å². The highest BCUT2D eigenvalue weighted by molar-refractivity contribution is 5.37. The zero-order chi connectivity index (χ0) is 13.2. The molecule has 1 heteroatoms. The number of nitrogens with two attached hydrogens (primary N) is 1. The lowest BCUT2D eigenvalue weighted by Crippen LogP contribution is -2.36. The van der Waals surface area contributed by atoms with Gasteiger partial charge in [-0.25, -0.2) is 0 Å². The van der Waals surface area contributed by atoms with Gasteiger partial charge in [-0.05, 0) is 43.9 Å². The van der Waals surface area contributed by atoms with Gasteiger partial charge in [0.25, 0.3) is 0 Å². The third-order valence-electron chi connectivity index (χ3n) is 3.42. The molecule has 1 atom stereocenters. The van der Waals surface area contributed by atoms with E-state index in [1.54, 1.807) is 0 Å². The Morgan fingerprint density at radius 2 is 1.67 bits per heavy atom. The maximum absolute atomic E-state index is 6.54. The molecule has 94 valence electrons. The van der Waals surface area contributed by atoms with Gasteiger partial charge in [0, 0.05) is 5.54 Å². The van der Waals surface area contributed by atoms with Crippen LogP contribution in [0.5, 0.6) is 0 Å². The molecule has 0 heterocycles. The summed E-state index contributed by atoms with van der Waals surface area (Å²) in [5, 5.41) is 0. The average Bonchev–Trinajstić information content (AvgIpc) is 2.33. The Labute approximate surface area is 110 Å². The molecule has 0 aliphatic carbocycles. The summed E-state index contributed by atoms with van der Waals surface area (Å²) >= 11 is 0. The minimum absolute atomic E-state index is 0.322. The highest BCUT2D eigenvalue weighted by Gasteiger charge is 2.23. The Balaban J connectivity index is 2.33. The largest absolute Gasteiger partial charge is 0.321 e. The van der Waals surface area contributed by atoms with E-state index in [0.717, 1.165) is 6.42 Å². The number of benzene rings is 2. The topological polar surface area (TPSA) is 26.0 Å². The first-order valence-corrected chi connectivity index (χ1v) is 6.39. The van der Waals surface area contributed by atoms with Gasteiger partial charge in [0.2, 0.25) is 0 Å². The first kappa shape index (κ1) is 12.8. The van der Waals surface area contributed by atoms with E-state index in [-0.39, 0.29) is 5.54 Å². The Kier molecular flexibility index (Phi) is 3.53. The lowest BCUT2D eigenvalue weighted by molar-refractivity contribution is 0.488. The van der Waals surface area contributed by atoms with Gasteiger partial charge in [0.05, 0.1) is 0 Å². The van der Waals surface area contributed by atoms with Gasteiger partial charge in [0.1, 0.15) is 0 Å². The summed E-state index contributed by atoms with van der Waals surface area (Å²) in [6.45, 7) is 6.36. The minimum Gasteiger partial charge on any atom is -0.321 e. The Bertz CT molecular complexity index is 527. The quantitative estimate of drug-likeness (QED) is 0.868. The van der Waals surface area contributed by atoms with Crippen molar-refractivity contribution in [1.29, 1.82) is 0 Å². The second kappa shape index (κ2) is 4.95. The van der Waals surface area contributed by atoms with E-state index in [1.165, 1.54) is 22.3 Å². The monoisotopic (exact) mass is 239 g/mol. The molecule has 0 aromatic heterocycles. The fraction of sp³-hybridized carbons (Fsp3) is 0.294. The number of aryl methyl sites for hydroxylation is 2. The van der Waals surface area contributed by atoms with Gasteiger partial charge in [-0.3, -0.25) is 0 Å². The van der Waals surface area contributed by atoms with Crippen LogP contribution in [-0.4, -0.2) is 0 Å². The van der Waals surface area contributed by atoms with Gasteiger partial charge < -0.3 is 5.73 Å². The van der Waals surface area contributed by atoms with Gasteiger partial charge in [-0.15, -0.1) is 0 Å². The molecule has 0 amide bonds. The van der Waals surface area contributed by atoms with Crippen molar-refractivity contribution in [2.75, 3.05) is 0 Å². The fourth-order valence-electron chi connectivity index (χ4n) is 2.47. The molecule has 0 fully saturated rings. The summed E-state index contributed by atoms with van der Waals surface area (Å²) in [7, 11) is 0. The third kappa shape index (κ3) is 2.80. The minimum atomic E-state index is -0.322. The van der Waals surface area contributed by atoms with E-state index < -0.39 is 0 Å². The third-order valence-corrected chi connectivity index (χ3v) is 3.42. The van der Waals surface area contributed by atoms with Crippen LogP contribution in [0.15, 0.2) is 48.5 Å². The first-order valence-electron chi connectivity index (χ1n) is 6.39. The van der Waals surface area contributed by atoms with E-state index in [1.807, 2.05) is 6.07 Å². The zero-order valence-electron chi connectivity index (χ0n) is 11.4. The Hall–Kier alpha value is -1.60. The van der Waals surface area contributed by atoms with Gasteiger partial charge in [-0.2, -0.15) is 0 Å². The van der Waals surface area contributed by atoms with Crippen LogP contribution >= 0.6 is 0 Å². The van der Waals surface area contributed by atoms with Crippen LogP contribution in [-0.2, 0) is 12.0 Å². The number of hydrogen-bond acceptors (Lipinski definition) is 1. The average molecular weight is 239 g/mol. The summed E-state index contributed by atoms with van der Waals surface area (Å²) in [4.78, 5) is 0. The predicted octanol–water partition coefficient (Wildman–Crippen LogP) is 3.72. The molecule has 1 unspecified atom stereocenters. The van der Waals surface area contributed by atoms with Crippen LogP contribution in [0.1, 0.15) is 29.2 Å².